The van der Waals surface area contributed by atoms with Crippen LogP contribution in [0.5, 0.6) is 0 Å². The number of benzene rings is 1. The SMILES string of the molecule is Nc1cccc(Cl)c1S(=O)(=O)NCCC1=CCCCC1. The molecule has 0 amide bonds. The van der Waals surface area contributed by atoms with Crippen LogP contribution in [0.25, 0.3) is 0 Å². The molecular formula is C14H19ClN2O2S. The lowest BCUT2D eigenvalue weighted by Gasteiger charge is -2.14. The van der Waals surface area contributed by atoms with Gasteiger partial charge in [0.1, 0.15) is 4.90 Å². The summed E-state index contributed by atoms with van der Waals surface area (Å²) in [5.41, 5.74) is 7.20. The van der Waals surface area contributed by atoms with E-state index in [1.165, 1.54) is 30.5 Å². The van der Waals surface area contributed by atoms with Crippen molar-refractivity contribution in [3.63, 3.8) is 0 Å². The standard InChI is InChI=1S/C14H19ClN2O2S/c15-12-7-4-8-13(16)14(12)20(18,19)17-10-9-11-5-2-1-3-6-11/h4-5,7-8,17H,1-3,6,9-10,16H2. The molecule has 1 aromatic carbocycles. The zero-order valence-electron chi connectivity index (χ0n) is 11.2. The first-order valence-corrected chi connectivity index (χ1v) is 8.58. The molecule has 1 aromatic rings. The molecule has 3 N–H and O–H groups in total. The van der Waals surface area contributed by atoms with Crippen LogP contribution in [0.4, 0.5) is 5.69 Å². The van der Waals surface area contributed by atoms with Gasteiger partial charge in [0.15, 0.2) is 0 Å². The molecule has 2 rings (SSSR count). The summed E-state index contributed by atoms with van der Waals surface area (Å²) in [5.74, 6) is 0. The third-order valence-corrected chi connectivity index (χ3v) is 5.39. The molecule has 1 aliphatic carbocycles. The van der Waals surface area contributed by atoms with Crippen molar-refractivity contribution in [1.29, 1.82) is 0 Å². The topological polar surface area (TPSA) is 72.2 Å². The molecule has 0 bridgehead atoms. The Morgan fingerprint density at radius 3 is 2.75 bits per heavy atom. The highest BCUT2D eigenvalue weighted by atomic mass is 35.5. The molecule has 0 spiro atoms. The number of nitrogen functional groups attached to an aromatic ring is 1. The Morgan fingerprint density at radius 1 is 1.30 bits per heavy atom. The Bertz CT molecular complexity index is 591. The van der Waals surface area contributed by atoms with E-state index in [1.54, 1.807) is 6.07 Å². The average molecular weight is 315 g/mol. The summed E-state index contributed by atoms with van der Waals surface area (Å²) < 4.78 is 27.0. The first-order chi connectivity index (χ1) is 9.50. The van der Waals surface area contributed by atoms with Gasteiger partial charge in [-0.1, -0.05) is 29.3 Å². The van der Waals surface area contributed by atoms with Crippen LogP contribution in [-0.4, -0.2) is 15.0 Å². The summed E-state index contributed by atoms with van der Waals surface area (Å²) in [6.07, 6.45) is 7.53. The quantitative estimate of drug-likeness (QED) is 0.648. The molecule has 0 heterocycles. The van der Waals surface area contributed by atoms with Crippen molar-refractivity contribution in [1.82, 2.24) is 4.72 Å². The fraction of sp³-hybridized carbons (Fsp3) is 0.429. The summed E-state index contributed by atoms with van der Waals surface area (Å²) in [6.45, 7) is 0.374. The number of nitrogens with two attached hydrogens (primary N) is 1. The molecular weight excluding hydrogens is 296 g/mol. The van der Waals surface area contributed by atoms with Gasteiger partial charge in [0.2, 0.25) is 10.0 Å². The molecule has 0 aromatic heterocycles. The Balaban J connectivity index is 2.02. The number of rotatable bonds is 5. The zero-order chi connectivity index (χ0) is 14.6. The van der Waals surface area contributed by atoms with Gasteiger partial charge in [0.25, 0.3) is 0 Å². The predicted molar refractivity (Wildman–Crippen MR) is 82.2 cm³/mol. The Hall–Kier alpha value is -1.04. The third kappa shape index (κ3) is 3.75. The van der Waals surface area contributed by atoms with Crippen LogP contribution in [-0.2, 0) is 10.0 Å². The zero-order valence-corrected chi connectivity index (χ0v) is 12.8. The van der Waals surface area contributed by atoms with Gasteiger partial charge in [0, 0.05) is 6.54 Å². The second-order valence-electron chi connectivity index (χ2n) is 4.91. The second kappa shape index (κ2) is 6.61. The van der Waals surface area contributed by atoms with Crippen molar-refractivity contribution in [3.8, 4) is 0 Å². The molecule has 4 nitrogen and oxygen atoms in total. The van der Waals surface area contributed by atoms with Crippen molar-refractivity contribution >= 4 is 27.3 Å². The maximum Gasteiger partial charge on any atom is 0.244 e. The highest BCUT2D eigenvalue weighted by Crippen LogP contribution is 2.27. The van der Waals surface area contributed by atoms with Crippen molar-refractivity contribution in [2.45, 2.75) is 37.0 Å². The van der Waals surface area contributed by atoms with Gasteiger partial charge in [-0.05, 0) is 44.2 Å². The van der Waals surface area contributed by atoms with E-state index >= 15 is 0 Å². The smallest absolute Gasteiger partial charge is 0.244 e. The molecule has 0 radical (unpaired) electrons. The number of nitrogens with one attached hydrogen (secondary N) is 1. The fourth-order valence-corrected chi connectivity index (χ4v) is 4.06. The van der Waals surface area contributed by atoms with E-state index in [4.69, 9.17) is 17.3 Å². The van der Waals surface area contributed by atoms with E-state index in [-0.39, 0.29) is 15.6 Å². The highest BCUT2D eigenvalue weighted by molar-refractivity contribution is 7.89. The molecule has 0 fully saturated rings. The van der Waals surface area contributed by atoms with E-state index in [0.29, 0.717) is 6.54 Å². The van der Waals surface area contributed by atoms with E-state index in [1.807, 2.05) is 0 Å². The molecule has 110 valence electrons. The predicted octanol–water partition coefficient (Wildman–Crippen LogP) is 3.09. The maximum atomic E-state index is 12.2. The van der Waals surface area contributed by atoms with Crippen LogP contribution in [0.1, 0.15) is 32.1 Å². The van der Waals surface area contributed by atoms with Crippen molar-refractivity contribution in [2.75, 3.05) is 12.3 Å². The van der Waals surface area contributed by atoms with Gasteiger partial charge in [0.05, 0.1) is 10.7 Å². The van der Waals surface area contributed by atoms with E-state index in [9.17, 15) is 8.42 Å². The van der Waals surface area contributed by atoms with Crippen molar-refractivity contribution in [3.05, 3.63) is 34.9 Å². The summed E-state index contributed by atoms with van der Waals surface area (Å²) in [5, 5.41) is 0.148. The van der Waals surface area contributed by atoms with E-state index in [0.717, 1.165) is 19.3 Å². The van der Waals surface area contributed by atoms with Gasteiger partial charge in [-0.15, -0.1) is 0 Å². The minimum Gasteiger partial charge on any atom is -0.398 e. The van der Waals surface area contributed by atoms with Gasteiger partial charge < -0.3 is 5.73 Å². The number of sulfonamides is 1. The minimum absolute atomic E-state index is 0.0284. The molecule has 0 saturated heterocycles. The van der Waals surface area contributed by atoms with Gasteiger partial charge in [-0.25, -0.2) is 13.1 Å². The van der Waals surface area contributed by atoms with Gasteiger partial charge in [-0.3, -0.25) is 0 Å². The maximum absolute atomic E-state index is 12.2. The molecule has 1 aliphatic rings. The number of halogens is 1. The van der Waals surface area contributed by atoms with Crippen LogP contribution < -0.4 is 10.5 Å². The summed E-state index contributed by atoms with van der Waals surface area (Å²) in [4.78, 5) is -0.0284. The monoisotopic (exact) mass is 314 g/mol. The Labute approximate surface area is 125 Å². The van der Waals surface area contributed by atoms with Crippen LogP contribution in [0.2, 0.25) is 5.02 Å². The molecule has 0 aliphatic heterocycles. The molecule has 0 saturated carbocycles. The van der Waals surface area contributed by atoms with Crippen LogP contribution in [0, 0.1) is 0 Å². The van der Waals surface area contributed by atoms with Gasteiger partial charge >= 0.3 is 0 Å². The minimum atomic E-state index is -3.66. The summed E-state index contributed by atoms with van der Waals surface area (Å²) in [6, 6.07) is 4.68. The van der Waals surface area contributed by atoms with Crippen LogP contribution >= 0.6 is 11.6 Å². The summed E-state index contributed by atoms with van der Waals surface area (Å²) >= 11 is 5.93. The molecule has 20 heavy (non-hydrogen) atoms. The lowest BCUT2D eigenvalue weighted by Crippen LogP contribution is -2.26. The lowest BCUT2D eigenvalue weighted by molar-refractivity contribution is 0.580. The number of anilines is 1. The summed E-state index contributed by atoms with van der Waals surface area (Å²) in [7, 11) is -3.66. The highest BCUT2D eigenvalue weighted by Gasteiger charge is 2.20. The first-order valence-electron chi connectivity index (χ1n) is 6.72. The molecule has 0 atom stereocenters. The second-order valence-corrected chi connectivity index (χ2v) is 7.03. The Kier molecular flexibility index (Phi) is 5.07. The third-order valence-electron chi connectivity index (χ3n) is 3.39. The number of hydrogen-bond donors (Lipinski definition) is 2. The first kappa shape index (κ1) is 15.4. The van der Waals surface area contributed by atoms with Crippen LogP contribution in [0.3, 0.4) is 0 Å². The van der Waals surface area contributed by atoms with Gasteiger partial charge in [-0.2, -0.15) is 0 Å². The van der Waals surface area contributed by atoms with Crippen molar-refractivity contribution < 1.29 is 8.42 Å². The molecule has 6 heteroatoms. The lowest BCUT2D eigenvalue weighted by atomic mass is 9.97. The molecule has 0 unspecified atom stereocenters. The Morgan fingerprint density at radius 2 is 2.10 bits per heavy atom. The fourth-order valence-electron chi connectivity index (χ4n) is 2.36. The van der Waals surface area contributed by atoms with E-state index < -0.39 is 10.0 Å². The van der Waals surface area contributed by atoms with Crippen molar-refractivity contribution in [2.24, 2.45) is 0 Å². The largest absolute Gasteiger partial charge is 0.398 e. The van der Waals surface area contributed by atoms with Crippen LogP contribution in [0.15, 0.2) is 34.7 Å². The van der Waals surface area contributed by atoms with E-state index in [2.05, 4.69) is 10.8 Å². The normalized spacial score (nSPS) is 15.9. The number of hydrogen-bond acceptors (Lipinski definition) is 3. The average Bonchev–Trinajstić information content (AvgIpc) is 2.39. The number of allylic oxidation sites excluding steroid dienone is 1.